The first-order valence-corrected chi connectivity index (χ1v) is 7.23. The van der Waals surface area contributed by atoms with E-state index < -0.39 is 0 Å². The third-order valence-electron chi connectivity index (χ3n) is 4.34. The summed E-state index contributed by atoms with van der Waals surface area (Å²) < 4.78 is 5.50. The van der Waals surface area contributed by atoms with Crippen molar-refractivity contribution in [3.8, 4) is 5.75 Å². The summed E-state index contributed by atoms with van der Waals surface area (Å²) in [6.07, 6.45) is 5.79. The van der Waals surface area contributed by atoms with E-state index in [-0.39, 0.29) is 5.91 Å². The van der Waals surface area contributed by atoms with Crippen molar-refractivity contribution in [2.75, 3.05) is 20.2 Å². The van der Waals surface area contributed by atoms with Gasteiger partial charge in [-0.1, -0.05) is 0 Å². The van der Waals surface area contributed by atoms with E-state index in [4.69, 9.17) is 4.74 Å². The molecular weight excluding hydrogens is 254 g/mol. The maximum atomic E-state index is 12.6. The normalized spacial score (nSPS) is 17.1. The highest BCUT2D eigenvalue weighted by Crippen LogP contribution is 2.36. The molecule has 0 unspecified atom stereocenters. The number of ether oxygens (including phenoxy) is 1. The van der Waals surface area contributed by atoms with Crippen LogP contribution in [-0.4, -0.2) is 37.3 Å². The van der Waals surface area contributed by atoms with Crippen LogP contribution in [0, 0.1) is 0 Å². The van der Waals surface area contributed by atoms with E-state index in [0.717, 1.165) is 62.6 Å². The first-order valence-electron chi connectivity index (χ1n) is 7.23. The molecule has 2 aliphatic rings. The Kier molecular flexibility index (Phi) is 3.47. The van der Waals surface area contributed by atoms with Crippen LogP contribution in [0.25, 0.3) is 0 Å². The molecule has 0 aromatic heterocycles. The van der Waals surface area contributed by atoms with E-state index in [0.29, 0.717) is 16.9 Å². The molecule has 1 saturated heterocycles. The summed E-state index contributed by atoms with van der Waals surface area (Å²) >= 11 is 0. The van der Waals surface area contributed by atoms with Crippen molar-refractivity contribution in [3.63, 3.8) is 0 Å². The predicted molar refractivity (Wildman–Crippen MR) is 75.5 cm³/mol. The summed E-state index contributed by atoms with van der Waals surface area (Å²) in [4.78, 5) is 25.8. The number of methoxy groups -OCH3 is 1. The number of carbonyl (C=O) groups excluding carboxylic acids is 2. The molecule has 3 rings (SSSR count). The number of nitrogens with zero attached hydrogens (tertiary/aromatic N) is 1. The van der Waals surface area contributed by atoms with E-state index in [1.165, 1.54) is 0 Å². The van der Waals surface area contributed by atoms with E-state index in [1.54, 1.807) is 13.2 Å². The van der Waals surface area contributed by atoms with Gasteiger partial charge in [-0.15, -0.1) is 0 Å². The van der Waals surface area contributed by atoms with Crippen LogP contribution in [0.1, 0.15) is 51.1 Å². The number of aldehydes is 1. The largest absolute Gasteiger partial charge is 0.496 e. The second kappa shape index (κ2) is 5.27. The Morgan fingerprint density at radius 2 is 1.90 bits per heavy atom. The third-order valence-corrected chi connectivity index (χ3v) is 4.34. The van der Waals surface area contributed by atoms with Gasteiger partial charge in [0.2, 0.25) is 0 Å². The van der Waals surface area contributed by atoms with Gasteiger partial charge < -0.3 is 9.64 Å². The molecular formula is C16H19NO3. The molecule has 4 heteroatoms. The van der Waals surface area contributed by atoms with Gasteiger partial charge in [-0.25, -0.2) is 0 Å². The van der Waals surface area contributed by atoms with Gasteiger partial charge in [0.15, 0.2) is 0 Å². The molecule has 0 radical (unpaired) electrons. The van der Waals surface area contributed by atoms with Crippen LogP contribution < -0.4 is 4.74 Å². The Hall–Kier alpha value is -1.84. The van der Waals surface area contributed by atoms with E-state index in [2.05, 4.69) is 0 Å². The molecule has 20 heavy (non-hydrogen) atoms. The van der Waals surface area contributed by atoms with E-state index in [1.807, 2.05) is 4.90 Å². The fourth-order valence-corrected chi connectivity index (χ4v) is 3.37. The first kappa shape index (κ1) is 13.2. The lowest BCUT2D eigenvalue weighted by molar-refractivity contribution is 0.0789. The average molecular weight is 273 g/mol. The molecule has 0 bridgehead atoms. The molecule has 1 aromatic carbocycles. The van der Waals surface area contributed by atoms with E-state index in [9.17, 15) is 9.59 Å². The van der Waals surface area contributed by atoms with Gasteiger partial charge in [0, 0.05) is 18.7 Å². The molecule has 0 spiro atoms. The number of amides is 1. The topological polar surface area (TPSA) is 46.6 Å². The van der Waals surface area contributed by atoms with Crippen molar-refractivity contribution in [1.82, 2.24) is 4.90 Å². The fourth-order valence-electron chi connectivity index (χ4n) is 3.37. The highest BCUT2D eigenvalue weighted by atomic mass is 16.5. The number of hydrogen-bond donors (Lipinski definition) is 0. The zero-order chi connectivity index (χ0) is 14.1. The molecule has 0 atom stereocenters. The number of carbonyl (C=O) groups is 2. The smallest absolute Gasteiger partial charge is 0.257 e. The Morgan fingerprint density at radius 1 is 1.20 bits per heavy atom. The Balaban J connectivity index is 2.09. The molecule has 1 aliphatic carbocycles. The van der Waals surface area contributed by atoms with E-state index >= 15 is 0 Å². The highest BCUT2D eigenvalue weighted by molar-refractivity contribution is 6.00. The van der Waals surface area contributed by atoms with Gasteiger partial charge in [-0.2, -0.15) is 0 Å². The van der Waals surface area contributed by atoms with Crippen molar-refractivity contribution >= 4 is 12.2 Å². The summed E-state index contributed by atoms with van der Waals surface area (Å²) in [5.74, 6) is 0.678. The maximum Gasteiger partial charge on any atom is 0.257 e. The predicted octanol–water partition coefficient (Wildman–Crippen LogP) is 2.23. The molecule has 1 heterocycles. The van der Waals surface area contributed by atoms with Gasteiger partial charge >= 0.3 is 0 Å². The third kappa shape index (κ3) is 1.99. The molecule has 1 aliphatic heterocycles. The average Bonchev–Trinajstić information content (AvgIpc) is 3.15. The van der Waals surface area contributed by atoms with Crippen LogP contribution in [0.2, 0.25) is 0 Å². The van der Waals surface area contributed by atoms with Crippen molar-refractivity contribution in [2.45, 2.75) is 32.1 Å². The first-order chi connectivity index (χ1) is 9.76. The van der Waals surface area contributed by atoms with Crippen molar-refractivity contribution in [1.29, 1.82) is 0 Å². The Morgan fingerprint density at radius 3 is 2.55 bits per heavy atom. The molecule has 1 fully saturated rings. The maximum absolute atomic E-state index is 12.6. The SMILES string of the molecule is COc1c(C(=O)N2CCCC2)cc(C=O)c2c1CCC2. The minimum atomic E-state index is -0.00264. The number of likely N-dealkylation sites (tertiary alicyclic amines) is 1. The molecule has 0 saturated carbocycles. The van der Waals surface area contributed by atoms with Gasteiger partial charge in [-0.3, -0.25) is 9.59 Å². The lowest BCUT2D eigenvalue weighted by Crippen LogP contribution is -2.28. The van der Waals surface area contributed by atoms with Crippen molar-refractivity contribution in [2.24, 2.45) is 0 Å². The van der Waals surface area contributed by atoms with Gasteiger partial charge in [0.05, 0.1) is 12.7 Å². The molecule has 0 N–H and O–H groups in total. The summed E-state index contributed by atoms with van der Waals surface area (Å²) in [6.45, 7) is 1.60. The standard InChI is InChI=1S/C16H19NO3/c1-20-15-13-6-4-5-12(13)11(10-18)9-14(15)16(19)17-7-2-3-8-17/h9-10H,2-8H2,1H3. The van der Waals surface area contributed by atoms with Crippen molar-refractivity contribution in [3.05, 3.63) is 28.3 Å². The summed E-state index contributed by atoms with van der Waals surface area (Å²) in [5.41, 5.74) is 3.33. The lowest BCUT2D eigenvalue weighted by atomic mass is 9.98. The zero-order valence-corrected chi connectivity index (χ0v) is 11.8. The Bertz CT molecular complexity index is 559. The summed E-state index contributed by atoms with van der Waals surface area (Å²) in [7, 11) is 1.61. The zero-order valence-electron chi connectivity index (χ0n) is 11.8. The minimum absolute atomic E-state index is 0.00264. The molecule has 4 nitrogen and oxygen atoms in total. The molecule has 1 aromatic rings. The number of rotatable bonds is 3. The molecule has 1 amide bonds. The van der Waals surface area contributed by atoms with Crippen LogP contribution in [-0.2, 0) is 12.8 Å². The van der Waals surface area contributed by atoms with Gasteiger partial charge in [0.1, 0.15) is 12.0 Å². The summed E-state index contributed by atoms with van der Waals surface area (Å²) in [6, 6.07) is 1.72. The number of hydrogen-bond acceptors (Lipinski definition) is 3. The quantitative estimate of drug-likeness (QED) is 0.793. The molecule has 106 valence electrons. The second-order valence-electron chi connectivity index (χ2n) is 5.47. The van der Waals surface area contributed by atoms with Gasteiger partial charge in [-0.05, 0) is 49.3 Å². The van der Waals surface area contributed by atoms with Crippen LogP contribution in [0.4, 0.5) is 0 Å². The van der Waals surface area contributed by atoms with Crippen LogP contribution in [0.3, 0.4) is 0 Å². The number of benzene rings is 1. The van der Waals surface area contributed by atoms with Crippen LogP contribution >= 0.6 is 0 Å². The minimum Gasteiger partial charge on any atom is -0.496 e. The lowest BCUT2D eigenvalue weighted by Gasteiger charge is -2.20. The van der Waals surface area contributed by atoms with Gasteiger partial charge in [0.25, 0.3) is 5.91 Å². The fraction of sp³-hybridized carbons (Fsp3) is 0.500. The van der Waals surface area contributed by atoms with Crippen molar-refractivity contribution < 1.29 is 14.3 Å². The van der Waals surface area contributed by atoms with Crippen LogP contribution in [0.5, 0.6) is 5.75 Å². The summed E-state index contributed by atoms with van der Waals surface area (Å²) in [5, 5.41) is 0. The monoisotopic (exact) mass is 273 g/mol. The second-order valence-corrected chi connectivity index (χ2v) is 5.47. The highest BCUT2D eigenvalue weighted by Gasteiger charge is 2.28. The van der Waals surface area contributed by atoms with Crippen LogP contribution in [0.15, 0.2) is 6.07 Å². The number of fused-ring (bicyclic) bond motifs is 1. The Labute approximate surface area is 118 Å².